The van der Waals surface area contributed by atoms with E-state index >= 15 is 0 Å². The molecule has 1 unspecified atom stereocenters. The van der Waals surface area contributed by atoms with E-state index in [9.17, 15) is 4.79 Å². The number of aliphatic hydroxyl groups excluding tert-OH is 1. The van der Waals surface area contributed by atoms with E-state index < -0.39 is 12.1 Å². The van der Waals surface area contributed by atoms with Crippen molar-refractivity contribution in [2.75, 3.05) is 5.73 Å². The molecule has 0 aliphatic rings. The molecular weight excluding hydrogens is 182 g/mol. The smallest absolute Gasteiger partial charge is 0.332 e. The Morgan fingerprint density at radius 1 is 1.36 bits per heavy atom. The summed E-state index contributed by atoms with van der Waals surface area (Å²) in [6.45, 7) is 0. The van der Waals surface area contributed by atoms with Crippen molar-refractivity contribution in [1.82, 2.24) is 0 Å². The third-order valence-corrected chi connectivity index (χ3v) is 1.97. The predicted molar refractivity (Wildman–Crippen MR) is 52.8 cm³/mol. The molecule has 0 saturated heterocycles. The Labute approximate surface area is 82.0 Å². The fraction of sp³-hybridized carbons (Fsp3) is 0.300. The highest BCUT2D eigenvalue weighted by molar-refractivity contribution is 5.71. The van der Waals surface area contributed by atoms with Crippen LogP contribution in [0.3, 0.4) is 0 Å². The molecule has 0 heterocycles. The second kappa shape index (κ2) is 4.62. The number of aryl methyl sites for hydroxylation is 1. The minimum Gasteiger partial charge on any atom is -0.479 e. The van der Waals surface area contributed by atoms with Gasteiger partial charge in [0.2, 0.25) is 0 Å². The molecule has 0 amide bonds. The molecule has 4 nitrogen and oxygen atoms in total. The minimum atomic E-state index is -1.28. The van der Waals surface area contributed by atoms with Gasteiger partial charge in [-0.1, -0.05) is 12.1 Å². The van der Waals surface area contributed by atoms with Crippen LogP contribution in [-0.4, -0.2) is 22.3 Å². The first kappa shape index (κ1) is 10.5. The SMILES string of the molecule is Nc1ccc(CCC(O)C(=O)O)cc1. The standard InChI is InChI=1S/C10H13NO3/c11-8-4-1-7(2-5-8)3-6-9(12)10(13)14/h1-2,4-5,9,12H,3,6,11H2,(H,13,14). The number of rotatable bonds is 4. The fourth-order valence-electron chi connectivity index (χ4n) is 1.11. The first-order valence-electron chi connectivity index (χ1n) is 4.35. The Morgan fingerprint density at radius 3 is 2.43 bits per heavy atom. The van der Waals surface area contributed by atoms with Gasteiger partial charge in [-0.05, 0) is 30.5 Å². The van der Waals surface area contributed by atoms with E-state index in [1.54, 1.807) is 12.1 Å². The van der Waals surface area contributed by atoms with Gasteiger partial charge < -0.3 is 15.9 Å². The maximum Gasteiger partial charge on any atom is 0.332 e. The first-order valence-corrected chi connectivity index (χ1v) is 4.35. The van der Waals surface area contributed by atoms with E-state index in [4.69, 9.17) is 15.9 Å². The van der Waals surface area contributed by atoms with Crippen LogP contribution < -0.4 is 5.73 Å². The Morgan fingerprint density at radius 2 is 1.93 bits per heavy atom. The average Bonchev–Trinajstić information content (AvgIpc) is 2.16. The number of hydrogen-bond acceptors (Lipinski definition) is 3. The number of nitrogens with two attached hydrogens (primary N) is 1. The molecule has 1 aromatic carbocycles. The number of aliphatic carboxylic acids is 1. The van der Waals surface area contributed by atoms with E-state index in [0.29, 0.717) is 12.1 Å². The van der Waals surface area contributed by atoms with Crippen LogP contribution in [0.15, 0.2) is 24.3 Å². The van der Waals surface area contributed by atoms with Crippen LogP contribution in [-0.2, 0) is 11.2 Å². The molecule has 0 spiro atoms. The van der Waals surface area contributed by atoms with Crippen LogP contribution >= 0.6 is 0 Å². The number of carboxylic acids is 1. The molecule has 0 fully saturated rings. The van der Waals surface area contributed by atoms with E-state index in [-0.39, 0.29) is 6.42 Å². The second-order valence-corrected chi connectivity index (χ2v) is 3.13. The zero-order valence-corrected chi connectivity index (χ0v) is 7.68. The summed E-state index contributed by atoms with van der Waals surface area (Å²) >= 11 is 0. The average molecular weight is 195 g/mol. The topological polar surface area (TPSA) is 83.5 Å². The summed E-state index contributed by atoms with van der Waals surface area (Å²) < 4.78 is 0. The van der Waals surface area contributed by atoms with E-state index in [1.165, 1.54) is 0 Å². The quantitative estimate of drug-likeness (QED) is 0.616. The van der Waals surface area contributed by atoms with Gasteiger partial charge in [-0.2, -0.15) is 0 Å². The largest absolute Gasteiger partial charge is 0.479 e. The van der Waals surface area contributed by atoms with Crippen molar-refractivity contribution in [2.24, 2.45) is 0 Å². The number of carboxylic acid groups (broad SMARTS) is 1. The third-order valence-electron chi connectivity index (χ3n) is 1.97. The van der Waals surface area contributed by atoms with Crippen LogP contribution in [0.1, 0.15) is 12.0 Å². The van der Waals surface area contributed by atoms with Crippen LogP contribution in [0.4, 0.5) is 5.69 Å². The number of benzene rings is 1. The van der Waals surface area contributed by atoms with Gasteiger partial charge in [-0.3, -0.25) is 0 Å². The highest BCUT2D eigenvalue weighted by atomic mass is 16.4. The fourth-order valence-corrected chi connectivity index (χ4v) is 1.11. The number of hydrogen-bond donors (Lipinski definition) is 3. The summed E-state index contributed by atoms with van der Waals surface area (Å²) in [7, 11) is 0. The Hall–Kier alpha value is -1.55. The van der Waals surface area contributed by atoms with Gasteiger partial charge in [-0.15, -0.1) is 0 Å². The van der Waals surface area contributed by atoms with Crippen LogP contribution in [0, 0.1) is 0 Å². The lowest BCUT2D eigenvalue weighted by Crippen LogP contribution is -2.19. The number of nitrogen functional groups attached to an aromatic ring is 1. The summed E-state index contributed by atoms with van der Waals surface area (Å²) in [5.41, 5.74) is 7.13. The predicted octanol–water partition coefficient (Wildman–Crippen LogP) is 0.647. The lowest BCUT2D eigenvalue weighted by Gasteiger charge is -2.05. The van der Waals surface area contributed by atoms with Crippen molar-refractivity contribution in [3.8, 4) is 0 Å². The normalized spacial score (nSPS) is 12.4. The van der Waals surface area contributed by atoms with Gasteiger partial charge in [-0.25, -0.2) is 4.79 Å². The molecule has 0 aromatic heterocycles. The number of aliphatic hydroxyl groups is 1. The molecule has 0 aliphatic carbocycles. The van der Waals surface area contributed by atoms with Gasteiger partial charge in [0, 0.05) is 5.69 Å². The first-order chi connectivity index (χ1) is 6.59. The minimum absolute atomic E-state index is 0.221. The maximum atomic E-state index is 10.3. The summed E-state index contributed by atoms with van der Waals surface area (Å²) in [6, 6.07) is 7.15. The van der Waals surface area contributed by atoms with Crippen molar-refractivity contribution >= 4 is 11.7 Å². The van der Waals surface area contributed by atoms with Crippen LogP contribution in [0.5, 0.6) is 0 Å². The van der Waals surface area contributed by atoms with Crippen molar-refractivity contribution in [1.29, 1.82) is 0 Å². The molecule has 4 N–H and O–H groups in total. The van der Waals surface area contributed by atoms with Gasteiger partial charge in [0.15, 0.2) is 6.10 Å². The zero-order valence-electron chi connectivity index (χ0n) is 7.68. The van der Waals surface area contributed by atoms with Crippen LogP contribution in [0.2, 0.25) is 0 Å². The molecule has 0 radical (unpaired) electrons. The molecule has 4 heteroatoms. The number of anilines is 1. The maximum absolute atomic E-state index is 10.3. The third kappa shape index (κ3) is 3.06. The van der Waals surface area contributed by atoms with E-state index in [0.717, 1.165) is 5.56 Å². The Balaban J connectivity index is 2.46. The van der Waals surface area contributed by atoms with E-state index in [2.05, 4.69) is 0 Å². The van der Waals surface area contributed by atoms with Gasteiger partial charge in [0.1, 0.15) is 0 Å². The van der Waals surface area contributed by atoms with Crippen molar-refractivity contribution in [3.05, 3.63) is 29.8 Å². The molecule has 1 atom stereocenters. The summed E-state index contributed by atoms with van der Waals surface area (Å²) in [4.78, 5) is 10.3. The monoisotopic (exact) mass is 195 g/mol. The van der Waals surface area contributed by atoms with Crippen molar-refractivity contribution in [3.63, 3.8) is 0 Å². The van der Waals surface area contributed by atoms with Crippen molar-refractivity contribution < 1.29 is 15.0 Å². The molecule has 1 rings (SSSR count). The zero-order chi connectivity index (χ0) is 10.6. The second-order valence-electron chi connectivity index (χ2n) is 3.13. The van der Waals surface area contributed by atoms with Crippen LogP contribution in [0.25, 0.3) is 0 Å². The lowest BCUT2D eigenvalue weighted by atomic mass is 10.1. The highest BCUT2D eigenvalue weighted by Crippen LogP contribution is 2.08. The molecule has 0 bridgehead atoms. The lowest BCUT2D eigenvalue weighted by molar-refractivity contribution is -0.146. The van der Waals surface area contributed by atoms with Crippen molar-refractivity contribution in [2.45, 2.75) is 18.9 Å². The van der Waals surface area contributed by atoms with E-state index in [1.807, 2.05) is 12.1 Å². The summed E-state index contributed by atoms with van der Waals surface area (Å²) in [6.07, 6.45) is -0.528. The number of carbonyl (C=O) groups is 1. The molecule has 0 aliphatic heterocycles. The molecule has 1 aromatic rings. The summed E-state index contributed by atoms with van der Waals surface area (Å²) in [5, 5.41) is 17.5. The molecule has 14 heavy (non-hydrogen) atoms. The summed E-state index contributed by atoms with van der Waals surface area (Å²) in [5.74, 6) is -1.18. The van der Waals surface area contributed by atoms with Gasteiger partial charge in [0.25, 0.3) is 0 Å². The highest BCUT2D eigenvalue weighted by Gasteiger charge is 2.12. The Bertz CT molecular complexity index is 308. The molecule has 76 valence electrons. The molecular formula is C10H13NO3. The van der Waals surface area contributed by atoms with Gasteiger partial charge >= 0.3 is 5.97 Å². The Kier molecular flexibility index (Phi) is 3.48. The van der Waals surface area contributed by atoms with Gasteiger partial charge in [0.05, 0.1) is 0 Å². The molecule has 0 saturated carbocycles.